The molecule has 0 aromatic heterocycles. The predicted molar refractivity (Wildman–Crippen MR) is 141 cm³/mol. The molecule has 1 aliphatic carbocycles. The van der Waals surface area contributed by atoms with Crippen LogP contribution in [0.3, 0.4) is 0 Å². The minimum absolute atomic E-state index is 0.0166. The van der Waals surface area contributed by atoms with Gasteiger partial charge in [-0.15, -0.1) is 0 Å². The maximum Gasteiger partial charge on any atom is 0.446 e. The first kappa shape index (κ1) is 27.6. The van der Waals surface area contributed by atoms with Gasteiger partial charge in [-0.2, -0.15) is 13.2 Å². The summed E-state index contributed by atoms with van der Waals surface area (Å²) in [5.41, 5.74) is 3.21. The molecule has 38 heavy (non-hydrogen) atoms. The van der Waals surface area contributed by atoms with Gasteiger partial charge in [-0.1, -0.05) is 67.8 Å². The molecule has 0 saturated heterocycles. The van der Waals surface area contributed by atoms with Gasteiger partial charge in [0.05, 0.1) is 12.7 Å². The van der Waals surface area contributed by atoms with E-state index in [1.165, 1.54) is 44.1 Å². The molecule has 3 aromatic carbocycles. The van der Waals surface area contributed by atoms with E-state index in [1.807, 2.05) is 24.3 Å². The van der Waals surface area contributed by atoms with Crippen LogP contribution in [0.2, 0.25) is 0 Å². The predicted octanol–water partition coefficient (Wildman–Crippen LogP) is 7.09. The third-order valence-corrected chi connectivity index (χ3v) is 7.73. The highest BCUT2D eigenvalue weighted by Crippen LogP contribution is 2.41. The van der Waals surface area contributed by atoms with Gasteiger partial charge in [0.2, 0.25) is 0 Å². The summed E-state index contributed by atoms with van der Waals surface area (Å²) in [4.78, 5) is 24.5. The molecule has 1 saturated carbocycles. The minimum Gasteiger partial charge on any atom is -0.465 e. The molecular weight excluding hydrogens is 513 g/mol. The van der Waals surface area contributed by atoms with Gasteiger partial charge in [0.25, 0.3) is 0 Å². The molecule has 0 bridgehead atoms. The zero-order valence-corrected chi connectivity index (χ0v) is 21.7. The van der Waals surface area contributed by atoms with Crippen molar-refractivity contribution in [2.45, 2.75) is 54.0 Å². The SMILES string of the molecule is COC(=O)c1ccc(C(NC(N)=O)(c2ccc(SC(F)(F)F)cc2)c2ccc(C3CCCCC3)cc2)cc1. The number of thioether (sulfide) groups is 1. The molecule has 4 rings (SSSR count). The fourth-order valence-electron chi connectivity index (χ4n) is 5.22. The van der Waals surface area contributed by atoms with Gasteiger partial charge in [0.15, 0.2) is 0 Å². The number of carbonyl (C=O) groups excluding carboxylic acids is 2. The van der Waals surface area contributed by atoms with E-state index in [4.69, 9.17) is 10.5 Å². The molecule has 1 unspecified atom stereocenters. The quantitative estimate of drug-likeness (QED) is 0.190. The number of hydrogen-bond donors (Lipinski definition) is 2. The fourth-order valence-corrected chi connectivity index (χ4v) is 5.76. The lowest BCUT2D eigenvalue weighted by Gasteiger charge is -2.36. The summed E-state index contributed by atoms with van der Waals surface area (Å²) in [5.74, 6) is -0.0512. The van der Waals surface area contributed by atoms with Crippen LogP contribution in [0.5, 0.6) is 0 Å². The Kier molecular flexibility index (Phi) is 8.35. The lowest BCUT2D eigenvalue weighted by atomic mass is 9.75. The van der Waals surface area contributed by atoms with Gasteiger partial charge in [-0.05, 0) is 77.0 Å². The van der Waals surface area contributed by atoms with E-state index in [1.54, 1.807) is 36.4 Å². The molecule has 1 atom stereocenters. The molecule has 0 radical (unpaired) electrons. The number of ether oxygens (including phenoxy) is 1. The molecule has 3 aromatic rings. The van der Waals surface area contributed by atoms with Crippen LogP contribution in [0, 0.1) is 0 Å². The Balaban J connectivity index is 1.85. The molecule has 9 heteroatoms. The first-order chi connectivity index (χ1) is 18.1. The van der Waals surface area contributed by atoms with Crippen LogP contribution >= 0.6 is 11.8 Å². The summed E-state index contributed by atoms with van der Waals surface area (Å²) >= 11 is -0.212. The van der Waals surface area contributed by atoms with Crippen LogP contribution in [0.1, 0.15) is 70.6 Å². The van der Waals surface area contributed by atoms with Crippen LogP contribution in [-0.2, 0) is 10.3 Å². The molecule has 0 heterocycles. The second-order valence-electron chi connectivity index (χ2n) is 9.34. The largest absolute Gasteiger partial charge is 0.465 e. The van der Waals surface area contributed by atoms with Crippen molar-refractivity contribution in [1.29, 1.82) is 0 Å². The average molecular weight is 543 g/mol. The van der Waals surface area contributed by atoms with E-state index >= 15 is 0 Å². The van der Waals surface area contributed by atoms with Crippen molar-refractivity contribution in [3.63, 3.8) is 0 Å². The van der Waals surface area contributed by atoms with E-state index in [0.29, 0.717) is 28.2 Å². The fraction of sp³-hybridized carbons (Fsp3) is 0.310. The van der Waals surface area contributed by atoms with Crippen LogP contribution in [0.15, 0.2) is 77.7 Å². The molecule has 1 fully saturated rings. The lowest BCUT2D eigenvalue weighted by Crippen LogP contribution is -2.50. The zero-order chi connectivity index (χ0) is 27.3. The molecule has 200 valence electrons. The summed E-state index contributed by atoms with van der Waals surface area (Å²) in [5, 5.41) is 2.87. The van der Waals surface area contributed by atoms with Crippen molar-refractivity contribution in [1.82, 2.24) is 5.32 Å². The Morgan fingerprint density at radius 1 is 0.842 bits per heavy atom. The number of urea groups is 1. The summed E-state index contributed by atoms with van der Waals surface area (Å²) in [6.07, 6.45) is 5.86. The number of hydrogen-bond acceptors (Lipinski definition) is 4. The maximum absolute atomic E-state index is 13.0. The third-order valence-electron chi connectivity index (χ3n) is 6.99. The highest BCUT2D eigenvalue weighted by molar-refractivity contribution is 8.00. The second-order valence-corrected chi connectivity index (χ2v) is 10.5. The Bertz CT molecular complexity index is 1260. The molecular formula is C29H29F3N2O3S. The number of amides is 2. The molecule has 3 N–H and O–H groups in total. The number of rotatable bonds is 7. The number of esters is 1. The highest BCUT2D eigenvalue weighted by Gasteiger charge is 2.38. The van der Waals surface area contributed by atoms with Gasteiger partial charge in [-0.25, -0.2) is 9.59 Å². The number of benzene rings is 3. The normalized spacial score (nSPS) is 15.9. The summed E-state index contributed by atoms with van der Waals surface area (Å²) in [7, 11) is 1.28. The topological polar surface area (TPSA) is 81.4 Å². The Hall–Kier alpha value is -3.46. The third kappa shape index (κ3) is 6.15. The summed E-state index contributed by atoms with van der Waals surface area (Å²) in [6, 6.07) is 19.4. The van der Waals surface area contributed by atoms with Crippen LogP contribution in [0.25, 0.3) is 0 Å². The number of primary amides is 1. The van der Waals surface area contributed by atoms with Crippen molar-refractivity contribution < 1.29 is 27.5 Å². The number of alkyl halides is 3. The summed E-state index contributed by atoms with van der Waals surface area (Å²) in [6.45, 7) is 0. The number of halogens is 3. The Morgan fingerprint density at radius 3 is 1.82 bits per heavy atom. The lowest BCUT2D eigenvalue weighted by molar-refractivity contribution is -0.0328. The second kappa shape index (κ2) is 11.5. The van der Waals surface area contributed by atoms with Crippen LogP contribution in [0.4, 0.5) is 18.0 Å². The molecule has 1 aliphatic rings. The summed E-state index contributed by atoms with van der Waals surface area (Å²) < 4.78 is 43.7. The van der Waals surface area contributed by atoms with Crippen molar-refractivity contribution in [3.8, 4) is 0 Å². The van der Waals surface area contributed by atoms with Gasteiger partial charge < -0.3 is 15.8 Å². The van der Waals surface area contributed by atoms with E-state index in [0.717, 1.165) is 12.8 Å². The standard InChI is InChI=1S/C29H29F3N2O3S/c1-37-26(35)21-9-13-23(14-10-21)28(34-27(33)36,24-15-17-25(18-16-24)38-29(30,31)32)22-11-7-20(8-12-22)19-5-3-2-4-6-19/h7-19H,2-6H2,1H3,(H3,33,34,36). The minimum atomic E-state index is -4.43. The Labute approximate surface area is 224 Å². The van der Waals surface area contributed by atoms with Gasteiger partial charge in [-0.3, -0.25) is 0 Å². The molecule has 0 spiro atoms. The molecule has 5 nitrogen and oxygen atoms in total. The van der Waals surface area contributed by atoms with Crippen molar-refractivity contribution in [3.05, 3.63) is 101 Å². The van der Waals surface area contributed by atoms with Crippen LogP contribution < -0.4 is 11.1 Å². The van der Waals surface area contributed by atoms with E-state index < -0.39 is 23.0 Å². The molecule has 0 aliphatic heterocycles. The average Bonchev–Trinajstić information content (AvgIpc) is 2.91. The van der Waals surface area contributed by atoms with Gasteiger partial charge in [0, 0.05) is 4.90 Å². The zero-order valence-electron chi connectivity index (χ0n) is 20.9. The maximum atomic E-state index is 13.0. The number of nitrogens with one attached hydrogen (secondary N) is 1. The first-order valence-corrected chi connectivity index (χ1v) is 13.2. The van der Waals surface area contributed by atoms with E-state index in [2.05, 4.69) is 5.32 Å². The number of carbonyl (C=O) groups is 2. The van der Waals surface area contributed by atoms with Crippen molar-refractivity contribution in [2.75, 3.05) is 7.11 Å². The van der Waals surface area contributed by atoms with Gasteiger partial charge >= 0.3 is 17.5 Å². The first-order valence-electron chi connectivity index (χ1n) is 12.4. The van der Waals surface area contributed by atoms with Crippen molar-refractivity contribution >= 4 is 23.8 Å². The van der Waals surface area contributed by atoms with Gasteiger partial charge in [0.1, 0.15) is 5.54 Å². The van der Waals surface area contributed by atoms with E-state index in [-0.39, 0.29) is 16.7 Å². The van der Waals surface area contributed by atoms with Crippen molar-refractivity contribution in [2.24, 2.45) is 5.73 Å². The number of methoxy groups -OCH3 is 1. The monoisotopic (exact) mass is 542 g/mol. The number of nitrogens with two attached hydrogens (primary N) is 1. The smallest absolute Gasteiger partial charge is 0.446 e. The highest BCUT2D eigenvalue weighted by atomic mass is 32.2. The Morgan fingerprint density at radius 2 is 1.34 bits per heavy atom. The van der Waals surface area contributed by atoms with Crippen LogP contribution in [-0.4, -0.2) is 24.6 Å². The van der Waals surface area contributed by atoms with E-state index in [9.17, 15) is 22.8 Å². The molecule has 2 amide bonds.